The van der Waals surface area contributed by atoms with Gasteiger partial charge >= 0.3 is 11.9 Å². The molecule has 0 radical (unpaired) electrons. The molecule has 1 aromatic carbocycles. The fourth-order valence-corrected chi connectivity index (χ4v) is 7.05. The van der Waals surface area contributed by atoms with Crippen molar-refractivity contribution in [1.82, 2.24) is 4.90 Å². The minimum absolute atomic E-state index is 0.0320. The van der Waals surface area contributed by atoms with Gasteiger partial charge in [0.2, 0.25) is 6.79 Å². The van der Waals surface area contributed by atoms with Crippen LogP contribution < -0.4 is 9.47 Å². The van der Waals surface area contributed by atoms with E-state index in [1.807, 2.05) is 13.0 Å². The molecule has 1 aromatic rings. The molecule has 3 heterocycles. The molecular weight excluding hydrogens is 514 g/mol. The van der Waals surface area contributed by atoms with Gasteiger partial charge in [-0.25, -0.2) is 4.79 Å². The van der Waals surface area contributed by atoms with Crippen molar-refractivity contribution in [1.29, 1.82) is 0 Å². The van der Waals surface area contributed by atoms with Crippen LogP contribution in [0.15, 0.2) is 23.8 Å². The predicted molar refractivity (Wildman–Crippen MR) is 147 cm³/mol. The first-order valence-corrected chi connectivity index (χ1v) is 14.5. The Morgan fingerprint density at radius 1 is 1.15 bits per heavy atom. The van der Waals surface area contributed by atoms with E-state index in [9.17, 15) is 19.8 Å². The molecule has 1 fully saturated rings. The third-order valence-electron chi connectivity index (χ3n) is 8.78. The van der Waals surface area contributed by atoms with Crippen molar-refractivity contribution >= 4 is 11.9 Å². The van der Waals surface area contributed by atoms with Crippen LogP contribution in [0.4, 0.5) is 0 Å². The molecule has 0 aromatic heterocycles. The van der Waals surface area contributed by atoms with Crippen LogP contribution in [-0.4, -0.2) is 75.9 Å². The Labute approximate surface area is 236 Å². The third-order valence-corrected chi connectivity index (χ3v) is 8.78. The quantitative estimate of drug-likeness (QED) is 0.346. The SMILES string of the molecule is CC1=C[C@]23CCCN2CCc2cc4c(cc2[C@@H]3C1OC(=O)C(O)(CCCC(C)(C)O)CC(=O)OC(C)C)OCO4. The van der Waals surface area contributed by atoms with Crippen molar-refractivity contribution in [3.8, 4) is 11.5 Å². The Balaban J connectivity index is 1.47. The average molecular weight is 558 g/mol. The Morgan fingerprint density at radius 3 is 2.58 bits per heavy atom. The van der Waals surface area contributed by atoms with E-state index >= 15 is 0 Å². The molecule has 40 heavy (non-hydrogen) atoms. The number of nitrogens with zero attached hydrogens (tertiary/aromatic N) is 1. The molecule has 1 aliphatic carbocycles. The van der Waals surface area contributed by atoms with Crippen LogP contribution in [0, 0.1) is 0 Å². The van der Waals surface area contributed by atoms with Gasteiger partial charge in [-0.15, -0.1) is 0 Å². The molecule has 0 amide bonds. The summed E-state index contributed by atoms with van der Waals surface area (Å²) in [6.45, 7) is 10.8. The number of hydrogen-bond acceptors (Lipinski definition) is 9. The number of carbonyl (C=O) groups excluding carboxylic acids is 2. The van der Waals surface area contributed by atoms with E-state index in [1.165, 1.54) is 0 Å². The number of esters is 2. The Morgan fingerprint density at radius 2 is 1.88 bits per heavy atom. The molecule has 0 saturated carbocycles. The molecule has 220 valence electrons. The van der Waals surface area contributed by atoms with E-state index in [0.29, 0.717) is 18.6 Å². The Hall–Kier alpha value is -2.62. The number of aliphatic hydroxyl groups is 2. The summed E-state index contributed by atoms with van der Waals surface area (Å²) in [5, 5.41) is 21.8. The van der Waals surface area contributed by atoms with Crippen LogP contribution in [-0.2, 0) is 25.5 Å². The zero-order valence-corrected chi connectivity index (χ0v) is 24.3. The highest BCUT2D eigenvalue weighted by Crippen LogP contribution is 2.55. The van der Waals surface area contributed by atoms with E-state index in [2.05, 4.69) is 17.0 Å². The van der Waals surface area contributed by atoms with Crippen molar-refractivity contribution in [3.63, 3.8) is 0 Å². The largest absolute Gasteiger partial charge is 0.463 e. The molecule has 1 spiro atoms. The summed E-state index contributed by atoms with van der Waals surface area (Å²) in [5.41, 5.74) is -0.200. The van der Waals surface area contributed by atoms with Crippen LogP contribution in [0.25, 0.3) is 0 Å². The van der Waals surface area contributed by atoms with Gasteiger partial charge in [-0.2, -0.15) is 0 Å². The van der Waals surface area contributed by atoms with E-state index in [4.69, 9.17) is 18.9 Å². The maximum Gasteiger partial charge on any atom is 0.339 e. The lowest BCUT2D eigenvalue weighted by Gasteiger charge is -2.40. The zero-order valence-electron chi connectivity index (χ0n) is 24.3. The van der Waals surface area contributed by atoms with E-state index in [1.54, 1.807) is 27.7 Å². The lowest BCUT2D eigenvalue weighted by atomic mass is 9.77. The standard InChI is InChI=1S/C31H43NO8/c1-19(2)39-25(33)17-31(36,11-6-9-29(4,5)35)28(34)40-27-20(3)16-30-10-7-12-32(30)13-8-21-14-23-24(38-18-37-23)15-22(21)26(27)30/h14-16,19,26-27,35-36H,6-13,17-18H2,1-5H3/t26-,27?,30+,31?/m1/s1. The molecule has 4 aliphatic rings. The maximum atomic E-state index is 13.9. The molecule has 2 unspecified atom stereocenters. The highest BCUT2D eigenvalue weighted by Gasteiger charge is 2.57. The first-order valence-electron chi connectivity index (χ1n) is 14.5. The van der Waals surface area contributed by atoms with Gasteiger partial charge in [0.1, 0.15) is 6.10 Å². The number of benzene rings is 1. The van der Waals surface area contributed by atoms with Gasteiger partial charge in [-0.1, -0.05) is 6.08 Å². The molecule has 4 atom stereocenters. The third kappa shape index (κ3) is 5.48. The van der Waals surface area contributed by atoms with Crippen molar-refractivity contribution in [2.24, 2.45) is 0 Å². The second kappa shape index (κ2) is 10.7. The van der Waals surface area contributed by atoms with Gasteiger partial charge in [-0.3, -0.25) is 9.69 Å². The van der Waals surface area contributed by atoms with Crippen LogP contribution in [0.1, 0.15) is 90.2 Å². The molecule has 2 N–H and O–H groups in total. The van der Waals surface area contributed by atoms with Gasteiger partial charge in [0.25, 0.3) is 0 Å². The van der Waals surface area contributed by atoms with Crippen molar-refractivity contribution in [2.75, 3.05) is 19.9 Å². The Kier molecular flexibility index (Phi) is 7.70. The molecular formula is C31H43NO8. The fourth-order valence-electron chi connectivity index (χ4n) is 7.05. The smallest absolute Gasteiger partial charge is 0.339 e. The monoisotopic (exact) mass is 557 g/mol. The van der Waals surface area contributed by atoms with Crippen LogP contribution in [0.5, 0.6) is 11.5 Å². The summed E-state index contributed by atoms with van der Waals surface area (Å²) in [7, 11) is 0. The van der Waals surface area contributed by atoms with Crippen molar-refractivity contribution in [3.05, 3.63) is 34.9 Å². The summed E-state index contributed by atoms with van der Waals surface area (Å²) in [4.78, 5) is 29.0. The molecule has 3 aliphatic heterocycles. The first kappa shape index (κ1) is 28.9. The Bertz CT molecular complexity index is 1190. The maximum absolute atomic E-state index is 13.9. The average Bonchev–Trinajstić information content (AvgIpc) is 3.51. The molecule has 9 heteroatoms. The summed E-state index contributed by atoms with van der Waals surface area (Å²) in [6.07, 6.45) is 4.22. The molecule has 0 bridgehead atoms. The minimum atomic E-state index is -2.08. The topological polar surface area (TPSA) is 115 Å². The highest BCUT2D eigenvalue weighted by atomic mass is 16.7. The normalized spacial score (nSPS) is 26.9. The van der Waals surface area contributed by atoms with E-state index < -0.39 is 35.7 Å². The summed E-state index contributed by atoms with van der Waals surface area (Å²) < 4.78 is 22.9. The van der Waals surface area contributed by atoms with E-state index in [0.717, 1.165) is 54.8 Å². The van der Waals surface area contributed by atoms with Gasteiger partial charge in [0.05, 0.1) is 23.7 Å². The second-order valence-corrected chi connectivity index (χ2v) is 12.8. The molecule has 1 saturated heterocycles. The van der Waals surface area contributed by atoms with Crippen LogP contribution in [0.3, 0.4) is 0 Å². The number of rotatable bonds is 9. The number of ether oxygens (including phenoxy) is 4. The lowest BCUT2D eigenvalue weighted by Crippen LogP contribution is -2.49. The summed E-state index contributed by atoms with van der Waals surface area (Å²) in [5.74, 6) is -0.267. The van der Waals surface area contributed by atoms with Gasteiger partial charge in [-0.05, 0) is 109 Å². The number of fused-ring (bicyclic) bond motifs is 3. The van der Waals surface area contributed by atoms with Crippen molar-refractivity contribution in [2.45, 2.75) is 114 Å². The fraction of sp³-hybridized carbons (Fsp3) is 0.677. The number of carbonyl (C=O) groups is 2. The summed E-state index contributed by atoms with van der Waals surface area (Å²) in [6, 6.07) is 4.09. The second-order valence-electron chi connectivity index (χ2n) is 12.8. The van der Waals surface area contributed by atoms with E-state index in [-0.39, 0.29) is 30.8 Å². The lowest BCUT2D eigenvalue weighted by molar-refractivity contribution is -0.179. The molecule has 9 nitrogen and oxygen atoms in total. The van der Waals surface area contributed by atoms with Gasteiger partial charge < -0.3 is 29.2 Å². The van der Waals surface area contributed by atoms with Crippen molar-refractivity contribution < 1.29 is 38.7 Å². The highest BCUT2D eigenvalue weighted by molar-refractivity contribution is 5.86. The van der Waals surface area contributed by atoms with Crippen LogP contribution in [0.2, 0.25) is 0 Å². The first-order chi connectivity index (χ1) is 18.8. The summed E-state index contributed by atoms with van der Waals surface area (Å²) >= 11 is 0. The predicted octanol–water partition coefficient (Wildman–Crippen LogP) is 3.78. The van der Waals surface area contributed by atoms with Gasteiger partial charge in [0, 0.05) is 12.5 Å². The number of hydrogen-bond donors (Lipinski definition) is 2. The van der Waals surface area contributed by atoms with Crippen LogP contribution >= 0.6 is 0 Å². The minimum Gasteiger partial charge on any atom is -0.463 e. The zero-order chi connectivity index (χ0) is 28.9. The van der Waals surface area contributed by atoms with Gasteiger partial charge in [0.15, 0.2) is 17.1 Å². The molecule has 5 rings (SSSR count).